The van der Waals surface area contributed by atoms with Gasteiger partial charge in [-0.3, -0.25) is 4.79 Å². The Labute approximate surface area is 140 Å². The van der Waals surface area contributed by atoms with Gasteiger partial charge in [0.2, 0.25) is 5.91 Å². The average molecular weight is 328 g/mol. The fourth-order valence-electron chi connectivity index (χ4n) is 3.65. The van der Waals surface area contributed by atoms with Crippen molar-refractivity contribution in [3.63, 3.8) is 0 Å². The highest BCUT2D eigenvalue weighted by molar-refractivity contribution is 7.09. The van der Waals surface area contributed by atoms with Gasteiger partial charge in [0.1, 0.15) is 10.8 Å². The van der Waals surface area contributed by atoms with E-state index in [9.17, 15) is 4.79 Å². The van der Waals surface area contributed by atoms with Gasteiger partial charge in [0.25, 0.3) is 0 Å². The van der Waals surface area contributed by atoms with E-state index in [2.05, 4.69) is 9.88 Å². The Morgan fingerprint density at radius 3 is 3.04 bits per heavy atom. The normalized spacial score (nSPS) is 23.9. The molecule has 2 atom stereocenters. The van der Waals surface area contributed by atoms with Crippen LogP contribution in [-0.2, 0) is 4.79 Å². The SMILES string of the molecule is O=C([C@H]1CCOc2ccccc21)N1CCCC[C@@H]1c1nccs1. The fourth-order valence-corrected chi connectivity index (χ4v) is 4.43. The van der Waals surface area contributed by atoms with E-state index in [1.807, 2.05) is 35.8 Å². The van der Waals surface area contributed by atoms with Crippen molar-refractivity contribution in [3.8, 4) is 5.75 Å². The fraction of sp³-hybridized carbons (Fsp3) is 0.444. The molecule has 23 heavy (non-hydrogen) atoms. The number of rotatable bonds is 2. The van der Waals surface area contributed by atoms with Crippen molar-refractivity contribution < 1.29 is 9.53 Å². The second kappa shape index (κ2) is 6.32. The monoisotopic (exact) mass is 328 g/mol. The summed E-state index contributed by atoms with van der Waals surface area (Å²) in [6, 6.07) is 8.09. The smallest absolute Gasteiger partial charge is 0.230 e. The number of nitrogens with zero attached hydrogens (tertiary/aromatic N) is 2. The summed E-state index contributed by atoms with van der Waals surface area (Å²) < 4.78 is 5.71. The predicted molar refractivity (Wildman–Crippen MR) is 89.7 cm³/mol. The van der Waals surface area contributed by atoms with Crippen LogP contribution in [0.5, 0.6) is 5.75 Å². The number of amides is 1. The van der Waals surface area contributed by atoms with Crippen LogP contribution < -0.4 is 4.74 Å². The van der Waals surface area contributed by atoms with Gasteiger partial charge < -0.3 is 9.64 Å². The predicted octanol–water partition coefficient (Wildman–Crippen LogP) is 3.76. The Kier molecular flexibility index (Phi) is 4.04. The van der Waals surface area contributed by atoms with Crippen LogP contribution in [0.1, 0.15) is 48.2 Å². The van der Waals surface area contributed by atoms with Crippen molar-refractivity contribution in [1.82, 2.24) is 9.88 Å². The maximum Gasteiger partial charge on any atom is 0.230 e. The van der Waals surface area contributed by atoms with Gasteiger partial charge in [0.05, 0.1) is 18.6 Å². The summed E-state index contributed by atoms with van der Waals surface area (Å²) in [5, 5.41) is 3.06. The van der Waals surface area contributed by atoms with Crippen LogP contribution in [0.2, 0.25) is 0 Å². The quantitative estimate of drug-likeness (QED) is 0.843. The number of hydrogen-bond donors (Lipinski definition) is 0. The van der Waals surface area contributed by atoms with Crippen molar-refractivity contribution in [2.45, 2.75) is 37.6 Å². The molecule has 1 aromatic carbocycles. The van der Waals surface area contributed by atoms with Gasteiger partial charge in [0.15, 0.2) is 0 Å². The molecule has 0 radical (unpaired) electrons. The van der Waals surface area contributed by atoms with Crippen LogP contribution in [-0.4, -0.2) is 28.9 Å². The number of carbonyl (C=O) groups is 1. The minimum atomic E-state index is -0.0829. The third-order valence-electron chi connectivity index (χ3n) is 4.78. The Bertz CT molecular complexity index is 686. The van der Waals surface area contributed by atoms with E-state index in [0.29, 0.717) is 6.61 Å². The molecule has 0 spiro atoms. The number of aromatic nitrogens is 1. The summed E-state index contributed by atoms with van der Waals surface area (Å²) in [6.07, 6.45) is 5.86. The van der Waals surface area contributed by atoms with Crippen LogP contribution in [0.3, 0.4) is 0 Å². The number of piperidine rings is 1. The van der Waals surface area contributed by atoms with Crippen LogP contribution in [0.15, 0.2) is 35.8 Å². The van der Waals surface area contributed by atoms with E-state index in [0.717, 1.165) is 42.1 Å². The molecule has 4 rings (SSSR count). The summed E-state index contributed by atoms with van der Waals surface area (Å²) in [4.78, 5) is 19.8. The highest BCUT2D eigenvalue weighted by Crippen LogP contribution is 2.39. The molecule has 0 N–H and O–H groups in total. The second-order valence-electron chi connectivity index (χ2n) is 6.14. The summed E-state index contributed by atoms with van der Waals surface area (Å²) in [5.41, 5.74) is 1.03. The molecule has 0 aliphatic carbocycles. The van der Waals surface area contributed by atoms with Gasteiger partial charge in [-0.05, 0) is 31.7 Å². The van der Waals surface area contributed by atoms with E-state index in [4.69, 9.17) is 4.74 Å². The zero-order chi connectivity index (χ0) is 15.6. The molecule has 0 bridgehead atoms. The summed E-state index contributed by atoms with van der Waals surface area (Å²) in [7, 11) is 0. The van der Waals surface area contributed by atoms with E-state index < -0.39 is 0 Å². The van der Waals surface area contributed by atoms with Crippen LogP contribution in [0, 0.1) is 0 Å². The lowest BCUT2D eigenvalue weighted by Gasteiger charge is -2.38. The van der Waals surface area contributed by atoms with Crippen molar-refractivity contribution >= 4 is 17.2 Å². The largest absolute Gasteiger partial charge is 0.493 e. The van der Waals surface area contributed by atoms with E-state index in [1.165, 1.54) is 6.42 Å². The zero-order valence-electron chi connectivity index (χ0n) is 13.0. The van der Waals surface area contributed by atoms with E-state index in [1.54, 1.807) is 11.3 Å². The third-order valence-corrected chi connectivity index (χ3v) is 5.66. The molecule has 1 fully saturated rings. The molecular weight excluding hydrogens is 308 g/mol. The van der Waals surface area contributed by atoms with Crippen LogP contribution >= 0.6 is 11.3 Å². The summed E-state index contributed by atoms with van der Waals surface area (Å²) in [5.74, 6) is 1.01. The van der Waals surface area contributed by atoms with Crippen molar-refractivity contribution in [1.29, 1.82) is 0 Å². The highest BCUT2D eigenvalue weighted by Gasteiger charge is 2.36. The van der Waals surface area contributed by atoms with Gasteiger partial charge in [-0.25, -0.2) is 4.98 Å². The van der Waals surface area contributed by atoms with Gasteiger partial charge in [-0.15, -0.1) is 11.3 Å². The highest BCUT2D eigenvalue weighted by atomic mass is 32.1. The number of carbonyl (C=O) groups excluding carboxylic acids is 1. The standard InChI is InChI=1S/C18H20N2O2S/c21-18(14-8-11-22-16-7-2-1-5-13(14)16)20-10-4-3-6-15(20)17-19-9-12-23-17/h1-2,5,7,9,12,14-15H,3-4,6,8,10-11H2/t14-,15+/m0/s1. The van der Waals surface area contributed by atoms with Crippen molar-refractivity contribution in [2.24, 2.45) is 0 Å². The molecule has 1 saturated heterocycles. The topological polar surface area (TPSA) is 42.4 Å². The Hall–Kier alpha value is -1.88. The van der Waals surface area contributed by atoms with E-state index >= 15 is 0 Å². The molecule has 1 aromatic heterocycles. The maximum atomic E-state index is 13.3. The minimum Gasteiger partial charge on any atom is -0.493 e. The molecular formula is C18H20N2O2S. The zero-order valence-corrected chi connectivity index (χ0v) is 13.8. The Morgan fingerprint density at radius 1 is 1.26 bits per heavy atom. The lowest BCUT2D eigenvalue weighted by atomic mass is 9.90. The number of ether oxygens (including phenoxy) is 1. The summed E-state index contributed by atoms with van der Waals surface area (Å²) >= 11 is 1.65. The van der Waals surface area contributed by atoms with Gasteiger partial charge >= 0.3 is 0 Å². The molecule has 3 heterocycles. The molecule has 2 aromatic rings. The maximum absolute atomic E-state index is 13.3. The summed E-state index contributed by atoms with van der Waals surface area (Å²) in [6.45, 7) is 1.45. The Balaban J connectivity index is 1.63. The molecule has 2 aliphatic heterocycles. The lowest BCUT2D eigenvalue weighted by Crippen LogP contribution is -2.42. The first-order valence-corrected chi connectivity index (χ1v) is 9.14. The second-order valence-corrected chi connectivity index (χ2v) is 7.07. The molecule has 2 aliphatic rings. The number of hydrogen-bond acceptors (Lipinski definition) is 4. The van der Waals surface area contributed by atoms with E-state index in [-0.39, 0.29) is 17.9 Å². The number of thiazole rings is 1. The average Bonchev–Trinajstić information content (AvgIpc) is 3.15. The number of fused-ring (bicyclic) bond motifs is 1. The Morgan fingerprint density at radius 2 is 2.17 bits per heavy atom. The first-order valence-electron chi connectivity index (χ1n) is 8.26. The third kappa shape index (κ3) is 2.74. The van der Waals surface area contributed by atoms with Gasteiger partial charge in [-0.1, -0.05) is 18.2 Å². The first-order chi connectivity index (χ1) is 11.3. The van der Waals surface area contributed by atoms with Gasteiger partial charge in [-0.2, -0.15) is 0 Å². The molecule has 0 unspecified atom stereocenters. The molecule has 120 valence electrons. The van der Waals surface area contributed by atoms with Crippen LogP contribution in [0.4, 0.5) is 0 Å². The number of likely N-dealkylation sites (tertiary alicyclic amines) is 1. The lowest BCUT2D eigenvalue weighted by molar-refractivity contribution is -0.137. The first kappa shape index (κ1) is 14.7. The minimum absolute atomic E-state index is 0.0829. The number of para-hydroxylation sites is 1. The van der Waals surface area contributed by atoms with Crippen molar-refractivity contribution in [2.75, 3.05) is 13.2 Å². The number of benzene rings is 1. The molecule has 1 amide bonds. The van der Waals surface area contributed by atoms with Crippen LogP contribution in [0.25, 0.3) is 0 Å². The molecule has 4 nitrogen and oxygen atoms in total. The van der Waals surface area contributed by atoms with Gasteiger partial charge in [0, 0.05) is 23.7 Å². The van der Waals surface area contributed by atoms with Crippen molar-refractivity contribution in [3.05, 3.63) is 46.4 Å². The molecule has 5 heteroatoms. The molecule has 0 saturated carbocycles.